The van der Waals surface area contributed by atoms with Crippen LogP contribution in [-0.4, -0.2) is 87.8 Å². The summed E-state index contributed by atoms with van der Waals surface area (Å²) in [6.07, 6.45) is 0. The number of anilines is 4. The first-order valence-corrected chi connectivity index (χ1v) is 15.3. The van der Waals surface area contributed by atoms with Gasteiger partial charge in [0.25, 0.3) is 0 Å². The fraction of sp³-hybridized carbons (Fsp3) is 0.250. The zero-order valence-corrected chi connectivity index (χ0v) is 29.9. The van der Waals surface area contributed by atoms with E-state index in [2.05, 4.69) is 62.5 Å². The molecule has 0 spiro atoms. The maximum atomic E-state index is 13.1. The van der Waals surface area contributed by atoms with Gasteiger partial charge in [-0.1, -0.05) is 6.07 Å². The van der Waals surface area contributed by atoms with Gasteiger partial charge in [-0.05, 0) is 54.6 Å². The van der Waals surface area contributed by atoms with Crippen molar-refractivity contribution in [3.63, 3.8) is 0 Å². The molecule has 0 saturated heterocycles. The number of amidine groups is 4. The molecule has 8 N–H and O–H groups in total. The van der Waals surface area contributed by atoms with Gasteiger partial charge in [-0.25, -0.2) is 9.59 Å². The number of nitrogens with one attached hydrogen (secondary N) is 8. The van der Waals surface area contributed by atoms with E-state index in [4.69, 9.17) is 0 Å². The van der Waals surface area contributed by atoms with Crippen LogP contribution in [0.4, 0.5) is 32.3 Å². The second kappa shape index (κ2) is 18.3. The van der Waals surface area contributed by atoms with Crippen LogP contribution in [0, 0.1) is 0 Å². The number of carbonyl (C=O) groups is 2. The number of benzene rings is 3. The summed E-state index contributed by atoms with van der Waals surface area (Å²) >= 11 is 0. The summed E-state index contributed by atoms with van der Waals surface area (Å²) in [7, 11) is 0. The van der Waals surface area contributed by atoms with Gasteiger partial charge in [0.1, 0.15) is 23.3 Å². The zero-order chi connectivity index (χ0) is 31.3. The average molecular weight is 765 g/mol. The minimum Gasteiger partial charge on any atom is -0.368 e. The first kappa shape index (κ1) is 39.7. The number of nitrogens with zero attached hydrogens (tertiary/aromatic N) is 4. The standard InChI is InChI=1S/C32H34N12O2.4ClH/c45-31(43-25-14-19(27-33-4-5-34-27)12-20(15-25)28-35-6-7-36-28)41-23-2-1-3-24(18-23)42-32(46)44-26-16-21(29-37-8-9-38-29)13-22(17-26)30-39-10-11-40-30;;;;/h1-3,12-18H,4-11H2,(H,33,34)(H,35,36)(H,37,38)(H,39,40)(H2,41,43,45)(H2,42,44,46);4*1H. The topological polar surface area (TPSA) is 180 Å². The Morgan fingerprint density at radius 1 is 0.440 bits per heavy atom. The maximum Gasteiger partial charge on any atom is 0.323 e. The van der Waals surface area contributed by atoms with Gasteiger partial charge < -0.3 is 42.5 Å². The SMILES string of the molecule is Cl.Cl.Cl.Cl.O=C(Nc1cccc(NC(=O)Nc2cc(C3=NCCN3)cc(C3=NCCN3)c2)c1)Nc1cc(C2=NCCN2)cc(C2=NCCN2)c1. The first-order chi connectivity index (χ1) is 22.6. The lowest BCUT2D eigenvalue weighted by Gasteiger charge is -2.14. The molecule has 0 fully saturated rings. The molecule has 50 heavy (non-hydrogen) atoms. The van der Waals surface area contributed by atoms with E-state index in [-0.39, 0.29) is 49.6 Å². The van der Waals surface area contributed by atoms with E-state index in [1.807, 2.05) is 36.4 Å². The first-order valence-electron chi connectivity index (χ1n) is 15.3. The van der Waals surface area contributed by atoms with Crippen molar-refractivity contribution in [1.29, 1.82) is 0 Å². The summed E-state index contributed by atoms with van der Waals surface area (Å²) in [4.78, 5) is 44.2. The van der Waals surface area contributed by atoms with E-state index in [0.29, 0.717) is 48.9 Å². The Morgan fingerprint density at radius 2 is 0.740 bits per heavy atom. The van der Waals surface area contributed by atoms with Crippen molar-refractivity contribution in [2.45, 2.75) is 0 Å². The molecule has 0 aromatic heterocycles. The van der Waals surface area contributed by atoms with Crippen molar-refractivity contribution >= 4 is 108 Å². The van der Waals surface area contributed by atoms with Crippen LogP contribution in [-0.2, 0) is 0 Å². The Bertz CT molecular complexity index is 1620. The van der Waals surface area contributed by atoms with Crippen LogP contribution in [0.25, 0.3) is 0 Å². The second-order valence-electron chi connectivity index (χ2n) is 11.0. The Morgan fingerprint density at radius 3 is 1.02 bits per heavy atom. The van der Waals surface area contributed by atoms with Gasteiger partial charge in [0.2, 0.25) is 0 Å². The van der Waals surface area contributed by atoms with Crippen molar-refractivity contribution in [3.8, 4) is 0 Å². The van der Waals surface area contributed by atoms with Gasteiger partial charge in [0.15, 0.2) is 0 Å². The van der Waals surface area contributed by atoms with Crippen LogP contribution in [0.15, 0.2) is 80.6 Å². The number of hydrogen-bond acceptors (Lipinski definition) is 10. The maximum absolute atomic E-state index is 13.1. The van der Waals surface area contributed by atoms with Crippen molar-refractivity contribution in [3.05, 3.63) is 82.9 Å². The third-order valence-electron chi connectivity index (χ3n) is 7.55. The molecule has 18 heteroatoms. The van der Waals surface area contributed by atoms with Crippen LogP contribution in [0.2, 0.25) is 0 Å². The normalized spacial score (nSPS) is 15.2. The van der Waals surface area contributed by atoms with Crippen LogP contribution in [0.3, 0.4) is 0 Å². The molecule has 7 rings (SSSR count). The predicted molar refractivity (Wildman–Crippen MR) is 211 cm³/mol. The lowest BCUT2D eigenvalue weighted by Crippen LogP contribution is -2.24. The minimum atomic E-state index is -0.427. The molecule has 4 amide bonds. The highest BCUT2D eigenvalue weighted by Gasteiger charge is 2.18. The highest BCUT2D eigenvalue weighted by molar-refractivity contribution is 6.09. The Balaban J connectivity index is 0.00000169. The lowest BCUT2D eigenvalue weighted by molar-refractivity contribution is 0.261. The van der Waals surface area contributed by atoms with Crippen LogP contribution in [0.1, 0.15) is 22.3 Å². The van der Waals surface area contributed by atoms with Crippen molar-refractivity contribution < 1.29 is 9.59 Å². The predicted octanol–water partition coefficient (Wildman–Crippen LogP) is 4.06. The molecule has 0 atom stereocenters. The number of aliphatic imine (C=N–C) groups is 4. The molecule has 4 aliphatic rings. The van der Waals surface area contributed by atoms with E-state index in [1.54, 1.807) is 24.3 Å². The van der Waals surface area contributed by atoms with Gasteiger partial charge in [0.05, 0.1) is 26.2 Å². The Labute approximate surface area is 314 Å². The summed E-state index contributed by atoms with van der Waals surface area (Å²) < 4.78 is 0. The van der Waals surface area contributed by atoms with Crippen LogP contribution in [0.5, 0.6) is 0 Å². The fourth-order valence-corrected chi connectivity index (χ4v) is 5.57. The molecular weight excluding hydrogens is 726 g/mol. The molecule has 4 heterocycles. The Kier molecular flexibility index (Phi) is 14.5. The number of rotatable bonds is 8. The third kappa shape index (κ3) is 9.69. The lowest BCUT2D eigenvalue weighted by atomic mass is 10.1. The molecule has 0 aliphatic carbocycles. The number of hydrogen-bond donors (Lipinski definition) is 8. The molecule has 0 radical (unpaired) electrons. The second-order valence-corrected chi connectivity index (χ2v) is 11.0. The number of carbonyl (C=O) groups excluding carboxylic acids is 2. The van der Waals surface area contributed by atoms with E-state index in [9.17, 15) is 9.59 Å². The molecule has 0 unspecified atom stereocenters. The van der Waals surface area contributed by atoms with Gasteiger partial charge in [-0.3, -0.25) is 20.0 Å². The average Bonchev–Trinajstić information content (AvgIpc) is 3.89. The van der Waals surface area contributed by atoms with Crippen molar-refractivity contribution in [2.75, 3.05) is 73.6 Å². The molecule has 14 nitrogen and oxygen atoms in total. The van der Waals surface area contributed by atoms with Crippen LogP contribution < -0.4 is 42.5 Å². The minimum absolute atomic E-state index is 0. The molecule has 0 bridgehead atoms. The van der Waals surface area contributed by atoms with Gasteiger partial charge in [0, 0.05) is 71.2 Å². The third-order valence-corrected chi connectivity index (χ3v) is 7.55. The fourth-order valence-electron chi connectivity index (χ4n) is 5.57. The molecule has 4 aliphatic heterocycles. The molecule has 3 aromatic rings. The number of urea groups is 2. The van der Waals surface area contributed by atoms with Crippen molar-refractivity contribution in [2.24, 2.45) is 20.0 Å². The highest BCUT2D eigenvalue weighted by Crippen LogP contribution is 2.21. The van der Waals surface area contributed by atoms with E-state index in [1.165, 1.54) is 0 Å². The summed E-state index contributed by atoms with van der Waals surface area (Å²) in [6.45, 7) is 5.93. The Hall–Kier alpha value is -4.76. The van der Waals surface area contributed by atoms with Crippen LogP contribution >= 0.6 is 49.6 Å². The molecular formula is C32H38Cl4N12O2. The molecule has 0 saturated carbocycles. The monoisotopic (exact) mass is 762 g/mol. The van der Waals surface area contributed by atoms with Gasteiger partial charge in [-0.2, -0.15) is 0 Å². The van der Waals surface area contributed by atoms with E-state index in [0.717, 1.165) is 71.8 Å². The van der Waals surface area contributed by atoms with E-state index >= 15 is 0 Å². The summed E-state index contributed by atoms with van der Waals surface area (Å²) in [5.74, 6) is 3.15. The molecule has 3 aromatic carbocycles. The largest absolute Gasteiger partial charge is 0.368 e. The summed E-state index contributed by atoms with van der Waals surface area (Å²) in [5, 5.41) is 24.7. The van der Waals surface area contributed by atoms with Crippen molar-refractivity contribution in [1.82, 2.24) is 21.3 Å². The number of amides is 4. The van der Waals surface area contributed by atoms with Gasteiger partial charge >= 0.3 is 12.1 Å². The van der Waals surface area contributed by atoms with E-state index < -0.39 is 12.1 Å². The molecule has 266 valence electrons. The van der Waals surface area contributed by atoms with Gasteiger partial charge in [-0.15, -0.1) is 49.6 Å². The zero-order valence-electron chi connectivity index (χ0n) is 26.7. The summed E-state index contributed by atoms with van der Waals surface area (Å²) in [6, 6.07) is 17.6. The number of halogens is 4. The smallest absolute Gasteiger partial charge is 0.323 e. The summed E-state index contributed by atoms with van der Waals surface area (Å²) in [5.41, 5.74) is 5.71. The highest BCUT2D eigenvalue weighted by atomic mass is 35.5. The quantitative estimate of drug-likeness (QED) is 0.171.